The van der Waals surface area contributed by atoms with Crippen LogP contribution in [0.4, 0.5) is 11.5 Å². The van der Waals surface area contributed by atoms with E-state index in [9.17, 15) is 4.79 Å². The molecule has 8 nitrogen and oxygen atoms in total. The lowest BCUT2D eigenvalue weighted by molar-refractivity contribution is -0.120. The third kappa shape index (κ3) is 3.91. The first-order valence-corrected chi connectivity index (χ1v) is 10.9. The number of imidazole rings is 1. The maximum Gasteiger partial charge on any atom is 0.227 e. The Morgan fingerprint density at radius 1 is 1.09 bits per heavy atom. The van der Waals surface area contributed by atoms with E-state index in [0.29, 0.717) is 17.2 Å². The van der Waals surface area contributed by atoms with Crippen molar-refractivity contribution in [2.75, 3.05) is 11.1 Å². The van der Waals surface area contributed by atoms with E-state index in [-0.39, 0.29) is 17.9 Å². The largest absolute Gasteiger partial charge is 0.382 e. The van der Waals surface area contributed by atoms with Crippen LogP contribution in [0.1, 0.15) is 37.3 Å². The zero-order valence-corrected chi connectivity index (χ0v) is 17.9. The number of nitrogens with two attached hydrogens (primary N) is 1. The number of carbonyl (C=O) groups is 1. The van der Waals surface area contributed by atoms with Gasteiger partial charge in [-0.15, -0.1) is 0 Å². The highest BCUT2D eigenvalue weighted by Crippen LogP contribution is 2.35. The van der Waals surface area contributed by atoms with Crippen LogP contribution in [0.5, 0.6) is 0 Å². The van der Waals surface area contributed by atoms with Crippen molar-refractivity contribution >= 4 is 28.6 Å². The molecule has 4 aromatic rings. The summed E-state index contributed by atoms with van der Waals surface area (Å²) in [6, 6.07) is 11.8. The van der Waals surface area contributed by atoms with Crippen molar-refractivity contribution in [2.45, 2.75) is 38.6 Å². The van der Waals surface area contributed by atoms with Gasteiger partial charge in [-0.25, -0.2) is 15.0 Å². The number of pyridine rings is 1. The highest BCUT2D eigenvalue weighted by molar-refractivity contribution is 5.92. The first-order chi connectivity index (χ1) is 15.6. The van der Waals surface area contributed by atoms with Crippen LogP contribution in [0.2, 0.25) is 0 Å². The second-order valence-electron chi connectivity index (χ2n) is 8.36. The van der Waals surface area contributed by atoms with Crippen LogP contribution in [0, 0.1) is 12.8 Å². The summed E-state index contributed by atoms with van der Waals surface area (Å²) >= 11 is 0. The summed E-state index contributed by atoms with van der Waals surface area (Å²) in [6.07, 6.45) is 8.61. The standard InChI is InChI=1S/C24H25N7O/c1-15-3-2-4-18(13-15)28-24(32)17-5-7-19(8-6-17)31-14-27-20-21(25)29-22(30-23(20)31)16-9-11-26-12-10-16/h2-4,9-14,17,19H,5-8H2,1H3,(H,28,32)(H2,25,29,30). The maximum atomic E-state index is 12.8. The Bertz CT molecular complexity index is 1260. The summed E-state index contributed by atoms with van der Waals surface area (Å²) in [6.45, 7) is 2.02. The van der Waals surface area contributed by atoms with E-state index < -0.39 is 0 Å². The number of aromatic nitrogens is 5. The summed E-state index contributed by atoms with van der Waals surface area (Å²) < 4.78 is 2.09. The molecule has 3 N–H and O–H groups in total. The Hall–Kier alpha value is -3.81. The molecule has 1 amide bonds. The Balaban J connectivity index is 1.33. The topological polar surface area (TPSA) is 112 Å². The quantitative estimate of drug-likeness (QED) is 0.506. The molecule has 3 aromatic heterocycles. The van der Waals surface area contributed by atoms with Crippen LogP contribution in [0.3, 0.4) is 0 Å². The van der Waals surface area contributed by atoms with Gasteiger partial charge in [-0.2, -0.15) is 0 Å². The van der Waals surface area contributed by atoms with E-state index in [2.05, 4.69) is 24.8 Å². The summed E-state index contributed by atoms with van der Waals surface area (Å²) in [5.74, 6) is 1.03. The van der Waals surface area contributed by atoms with Crippen molar-refractivity contribution in [1.29, 1.82) is 0 Å². The van der Waals surface area contributed by atoms with E-state index in [1.807, 2.05) is 43.3 Å². The first kappa shape index (κ1) is 20.1. The van der Waals surface area contributed by atoms with Gasteiger partial charge in [0.05, 0.1) is 6.33 Å². The van der Waals surface area contributed by atoms with Crippen molar-refractivity contribution in [3.05, 3.63) is 60.7 Å². The number of aryl methyl sites for hydroxylation is 1. The number of hydrogen-bond acceptors (Lipinski definition) is 6. The van der Waals surface area contributed by atoms with Gasteiger partial charge in [-0.1, -0.05) is 12.1 Å². The zero-order valence-electron chi connectivity index (χ0n) is 17.9. The van der Waals surface area contributed by atoms with Crippen LogP contribution in [0.25, 0.3) is 22.6 Å². The molecule has 1 saturated carbocycles. The SMILES string of the molecule is Cc1cccc(NC(=O)C2CCC(n3cnc4c(N)nc(-c5ccncc5)nc43)CC2)c1. The number of nitrogens with one attached hydrogen (secondary N) is 1. The van der Waals surface area contributed by atoms with Gasteiger partial charge in [0.25, 0.3) is 0 Å². The highest BCUT2D eigenvalue weighted by Gasteiger charge is 2.28. The maximum absolute atomic E-state index is 12.8. The van der Waals surface area contributed by atoms with Gasteiger partial charge in [0, 0.05) is 35.6 Å². The molecule has 1 aliphatic carbocycles. The Labute approximate surface area is 185 Å². The number of hydrogen-bond donors (Lipinski definition) is 2. The van der Waals surface area contributed by atoms with E-state index in [1.54, 1.807) is 18.7 Å². The number of rotatable bonds is 4. The molecule has 5 rings (SSSR count). The van der Waals surface area contributed by atoms with Gasteiger partial charge < -0.3 is 15.6 Å². The molecular formula is C24H25N7O. The Morgan fingerprint density at radius 3 is 2.62 bits per heavy atom. The molecule has 1 aliphatic rings. The molecule has 0 unspecified atom stereocenters. The zero-order chi connectivity index (χ0) is 22.1. The number of nitrogen functional groups attached to an aromatic ring is 1. The second-order valence-corrected chi connectivity index (χ2v) is 8.36. The third-order valence-corrected chi connectivity index (χ3v) is 6.13. The fourth-order valence-electron chi connectivity index (χ4n) is 4.42. The summed E-state index contributed by atoms with van der Waals surface area (Å²) in [5.41, 5.74) is 10.4. The lowest BCUT2D eigenvalue weighted by Gasteiger charge is -2.28. The summed E-state index contributed by atoms with van der Waals surface area (Å²) in [5, 5.41) is 3.06. The number of benzene rings is 1. The summed E-state index contributed by atoms with van der Waals surface area (Å²) in [4.78, 5) is 30.5. The van der Waals surface area contributed by atoms with E-state index >= 15 is 0 Å². The minimum atomic E-state index is 0.00798. The molecule has 3 heterocycles. The molecule has 162 valence electrons. The van der Waals surface area contributed by atoms with Gasteiger partial charge >= 0.3 is 0 Å². The van der Waals surface area contributed by atoms with Crippen LogP contribution >= 0.6 is 0 Å². The molecule has 0 saturated heterocycles. The first-order valence-electron chi connectivity index (χ1n) is 10.9. The van der Waals surface area contributed by atoms with Crippen molar-refractivity contribution < 1.29 is 4.79 Å². The smallest absolute Gasteiger partial charge is 0.227 e. The van der Waals surface area contributed by atoms with Crippen LogP contribution in [-0.2, 0) is 4.79 Å². The van der Waals surface area contributed by atoms with Gasteiger partial charge in [0.1, 0.15) is 5.52 Å². The second kappa shape index (κ2) is 8.37. The van der Waals surface area contributed by atoms with Crippen LogP contribution < -0.4 is 11.1 Å². The lowest BCUT2D eigenvalue weighted by Crippen LogP contribution is -2.28. The van der Waals surface area contributed by atoms with Gasteiger partial charge in [-0.05, 0) is 62.4 Å². The normalized spacial score (nSPS) is 18.5. The predicted octanol–water partition coefficient (Wildman–Crippen LogP) is 4.15. The molecule has 0 spiro atoms. The minimum Gasteiger partial charge on any atom is -0.382 e. The van der Waals surface area contributed by atoms with Crippen LogP contribution in [-0.4, -0.2) is 30.4 Å². The van der Waals surface area contributed by atoms with Crippen LogP contribution in [0.15, 0.2) is 55.1 Å². The van der Waals surface area contributed by atoms with E-state index in [0.717, 1.165) is 48.1 Å². The van der Waals surface area contributed by atoms with Crippen molar-refractivity contribution in [1.82, 2.24) is 24.5 Å². The Morgan fingerprint density at radius 2 is 1.88 bits per heavy atom. The van der Waals surface area contributed by atoms with E-state index in [1.165, 1.54) is 0 Å². The Kier molecular flexibility index (Phi) is 5.26. The predicted molar refractivity (Wildman–Crippen MR) is 124 cm³/mol. The molecule has 1 fully saturated rings. The molecule has 1 aromatic carbocycles. The molecule has 0 radical (unpaired) electrons. The lowest BCUT2D eigenvalue weighted by atomic mass is 9.85. The van der Waals surface area contributed by atoms with Gasteiger partial charge in [-0.3, -0.25) is 9.78 Å². The molecule has 0 aliphatic heterocycles. The third-order valence-electron chi connectivity index (χ3n) is 6.13. The molecular weight excluding hydrogens is 402 g/mol. The minimum absolute atomic E-state index is 0.00798. The number of nitrogens with zero attached hydrogens (tertiary/aromatic N) is 5. The van der Waals surface area contributed by atoms with E-state index in [4.69, 9.17) is 10.7 Å². The average molecular weight is 428 g/mol. The summed E-state index contributed by atoms with van der Waals surface area (Å²) in [7, 11) is 0. The fourth-order valence-corrected chi connectivity index (χ4v) is 4.42. The van der Waals surface area contributed by atoms with Crippen molar-refractivity contribution in [3.8, 4) is 11.4 Å². The van der Waals surface area contributed by atoms with Crippen molar-refractivity contribution in [3.63, 3.8) is 0 Å². The number of amides is 1. The number of carbonyl (C=O) groups excluding carboxylic acids is 1. The van der Waals surface area contributed by atoms with Crippen molar-refractivity contribution in [2.24, 2.45) is 5.92 Å². The molecule has 0 atom stereocenters. The van der Waals surface area contributed by atoms with Gasteiger partial charge in [0.15, 0.2) is 17.3 Å². The molecule has 32 heavy (non-hydrogen) atoms. The monoisotopic (exact) mass is 427 g/mol. The molecule has 8 heteroatoms. The van der Waals surface area contributed by atoms with Gasteiger partial charge in [0.2, 0.25) is 5.91 Å². The number of fused-ring (bicyclic) bond motifs is 1. The highest BCUT2D eigenvalue weighted by atomic mass is 16.1. The number of anilines is 2. The molecule has 0 bridgehead atoms. The average Bonchev–Trinajstić information content (AvgIpc) is 3.24. The fraction of sp³-hybridized carbons (Fsp3) is 0.292.